The van der Waals surface area contributed by atoms with Crippen LogP contribution in [0.1, 0.15) is 11.9 Å². The number of tetrazole rings is 1. The Morgan fingerprint density at radius 3 is 3.15 bits per heavy atom. The lowest BCUT2D eigenvalue weighted by Crippen LogP contribution is -2.40. The molecule has 0 amide bonds. The van der Waals surface area contributed by atoms with Crippen molar-refractivity contribution in [3.05, 3.63) is 36.2 Å². The lowest BCUT2D eigenvalue weighted by molar-refractivity contribution is 0.0298. The molecule has 0 spiro atoms. The number of morpholine rings is 1. The Morgan fingerprint density at radius 1 is 1.35 bits per heavy atom. The number of aromatic nitrogens is 6. The minimum Gasteiger partial charge on any atom is -0.383 e. The molecule has 26 heavy (non-hydrogen) atoms. The van der Waals surface area contributed by atoms with Gasteiger partial charge < -0.3 is 14.4 Å². The monoisotopic (exact) mass is 359 g/mol. The highest BCUT2D eigenvalue weighted by Crippen LogP contribution is 2.28. The van der Waals surface area contributed by atoms with Gasteiger partial charge in [-0.2, -0.15) is 0 Å². The van der Waals surface area contributed by atoms with E-state index >= 15 is 0 Å². The molecule has 136 valence electrons. The maximum Gasteiger partial charge on any atom is 0.182 e. The minimum absolute atomic E-state index is 0.291. The molecule has 1 unspecified atom stereocenters. The summed E-state index contributed by atoms with van der Waals surface area (Å²) < 4.78 is 26.1. The Labute approximate surface area is 148 Å². The summed E-state index contributed by atoms with van der Waals surface area (Å²) in [5, 5.41) is 12.7. The van der Waals surface area contributed by atoms with Crippen LogP contribution in [0.4, 0.5) is 10.2 Å². The van der Waals surface area contributed by atoms with Gasteiger partial charge in [0.25, 0.3) is 0 Å². The molecule has 10 heteroatoms. The van der Waals surface area contributed by atoms with Crippen molar-refractivity contribution in [2.24, 2.45) is 0 Å². The molecule has 3 heterocycles. The molecule has 1 aromatic carbocycles. The van der Waals surface area contributed by atoms with E-state index < -0.39 is 0 Å². The van der Waals surface area contributed by atoms with E-state index in [1.807, 2.05) is 0 Å². The molecule has 1 aliphatic heterocycles. The fourth-order valence-corrected chi connectivity index (χ4v) is 3.05. The van der Waals surface area contributed by atoms with Gasteiger partial charge in [0.15, 0.2) is 5.82 Å². The molecule has 9 nitrogen and oxygen atoms in total. The van der Waals surface area contributed by atoms with Gasteiger partial charge in [-0.25, -0.2) is 19.0 Å². The van der Waals surface area contributed by atoms with Gasteiger partial charge in [0.2, 0.25) is 0 Å². The first kappa shape index (κ1) is 16.7. The normalized spacial score (nSPS) is 17.8. The van der Waals surface area contributed by atoms with Crippen LogP contribution in [0.2, 0.25) is 0 Å². The molecule has 1 aliphatic rings. The summed E-state index contributed by atoms with van der Waals surface area (Å²) in [6, 6.07) is 4.52. The SMILES string of the molecule is COCCn1nnnc1C1CN(c2ncnc3cc(F)ccc23)CCO1. The van der Waals surface area contributed by atoms with Crippen LogP contribution in [-0.4, -0.2) is 63.6 Å². The average Bonchev–Trinajstić information content (AvgIpc) is 3.14. The summed E-state index contributed by atoms with van der Waals surface area (Å²) in [6.45, 7) is 2.77. The van der Waals surface area contributed by atoms with Crippen molar-refractivity contribution in [3.63, 3.8) is 0 Å². The first-order valence-corrected chi connectivity index (χ1v) is 8.28. The number of ether oxygens (including phenoxy) is 2. The lowest BCUT2D eigenvalue weighted by Gasteiger charge is -2.33. The van der Waals surface area contributed by atoms with Crippen molar-refractivity contribution in [2.45, 2.75) is 12.6 Å². The van der Waals surface area contributed by atoms with E-state index in [1.165, 1.54) is 18.5 Å². The number of anilines is 1. The molecular formula is C16H18FN7O2. The van der Waals surface area contributed by atoms with E-state index in [9.17, 15) is 4.39 Å². The zero-order valence-electron chi connectivity index (χ0n) is 14.2. The molecule has 1 fully saturated rings. The zero-order valence-corrected chi connectivity index (χ0v) is 14.2. The van der Waals surface area contributed by atoms with Gasteiger partial charge in [-0.05, 0) is 22.6 Å². The molecule has 1 saturated heterocycles. The molecule has 0 saturated carbocycles. The molecule has 0 radical (unpaired) electrons. The minimum atomic E-state index is -0.320. The fourth-order valence-electron chi connectivity index (χ4n) is 3.05. The first-order chi connectivity index (χ1) is 12.8. The summed E-state index contributed by atoms with van der Waals surface area (Å²) in [7, 11) is 1.63. The van der Waals surface area contributed by atoms with Gasteiger partial charge in [0.05, 0.1) is 31.8 Å². The van der Waals surface area contributed by atoms with E-state index in [2.05, 4.69) is 30.4 Å². The standard InChI is InChI=1S/C16H18FN7O2/c1-25-6-5-24-16(20-21-22-24)14-9-23(4-7-26-14)15-12-3-2-11(17)8-13(12)18-10-19-15/h2-3,8,10,14H,4-7,9H2,1H3. The smallest absolute Gasteiger partial charge is 0.182 e. The molecule has 2 aromatic heterocycles. The van der Waals surface area contributed by atoms with Crippen molar-refractivity contribution < 1.29 is 13.9 Å². The topological polar surface area (TPSA) is 91.1 Å². The Balaban J connectivity index is 1.61. The molecule has 0 N–H and O–H groups in total. The van der Waals surface area contributed by atoms with Gasteiger partial charge in [-0.3, -0.25) is 0 Å². The van der Waals surface area contributed by atoms with Crippen LogP contribution in [0.3, 0.4) is 0 Å². The second-order valence-corrected chi connectivity index (χ2v) is 5.92. The molecule has 1 atom stereocenters. The predicted octanol–water partition coefficient (Wildman–Crippen LogP) is 0.980. The molecule has 0 aliphatic carbocycles. The van der Waals surface area contributed by atoms with Crippen LogP contribution in [0.15, 0.2) is 24.5 Å². The molecule has 3 aromatic rings. The molecule has 0 bridgehead atoms. The Morgan fingerprint density at radius 2 is 2.27 bits per heavy atom. The number of hydrogen-bond donors (Lipinski definition) is 0. The molecular weight excluding hydrogens is 341 g/mol. The first-order valence-electron chi connectivity index (χ1n) is 8.28. The second kappa shape index (κ2) is 7.26. The van der Waals surface area contributed by atoms with E-state index in [0.717, 1.165) is 11.2 Å². The number of hydrogen-bond acceptors (Lipinski definition) is 8. The van der Waals surface area contributed by atoms with Gasteiger partial charge >= 0.3 is 0 Å². The summed E-state index contributed by atoms with van der Waals surface area (Å²) >= 11 is 0. The van der Waals surface area contributed by atoms with Crippen LogP contribution in [0.5, 0.6) is 0 Å². The third kappa shape index (κ3) is 3.20. The van der Waals surface area contributed by atoms with Gasteiger partial charge in [0.1, 0.15) is 24.1 Å². The van der Waals surface area contributed by atoms with Crippen molar-refractivity contribution >= 4 is 16.7 Å². The number of halogens is 1. The Kier molecular flexibility index (Phi) is 4.67. The maximum absolute atomic E-state index is 13.5. The number of rotatable bonds is 5. The summed E-state index contributed by atoms with van der Waals surface area (Å²) in [5.74, 6) is 1.08. The highest BCUT2D eigenvalue weighted by Gasteiger charge is 2.28. The van der Waals surface area contributed by atoms with Crippen LogP contribution >= 0.6 is 0 Å². The Bertz CT molecular complexity index is 903. The van der Waals surface area contributed by atoms with Gasteiger partial charge in [0, 0.05) is 25.1 Å². The predicted molar refractivity (Wildman–Crippen MR) is 90.1 cm³/mol. The lowest BCUT2D eigenvalue weighted by atomic mass is 10.2. The average molecular weight is 359 g/mol. The second-order valence-electron chi connectivity index (χ2n) is 5.92. The van der Waals surface area contributed by atoms with Crippen LogP contribution in [0, 0.1) is 5.82 Å². The largest absolute Gasteiger partial charge is 0.383 e. The number of fused-ring (bicyclic) bond motifs is 1. The maximum atomic E-state index is 13.5. The summed E-state index contributed by atoms with van der Waals surface area (Å²) in [4.78, 5) is 10.7. The van der Waals surface area contributed by atoms with E-state index in [4.69, 9.17) is 9.47 Å². The van der Waals surface area contributed by atoms with Crippen LogP contribution in [0.25, 0.3) is 10.9 Å². The van der Waals surface area contributed by atoms with Gasteiger partial charge in [-0.15, -0.1) is 5.10 Å². The quantitative estimate of drug-likeness (QED) is 0.666. The third-order valence-corrected chi connectivity index (χ3v) is 4.30. The van der Waals surface area contributed by atoms with Crippen molar-refractivity contribution in [1.82, 2.24) is 30.2 Å². The van der Waals surface area contributed by atoms with Crippen molar-refractivity contribution in [2.75, 3.05) is 38.3 Å². The summed E-state index contributed by atoms with van der Waals surface area (Å²) in [6.07, 6.45) is 1.16. The Hall–Kier alpha value is -2.72. The van der Waals surface area contributed by atoms with E-state index in [1.54, 1.807) is 17.9 Å². The van der Waals surface area contributed by atoms with Crippen molar-refractivity contribution in [3.8, 4) is 0 Å². The van der Waals surface area contributed by atoms with Crippen LogP contribution in [-0.2, 0) is 16.0 Å². The molecule has 4 rings (SSSR count). The fraction of sp³-hybridized carbons (Fsp3) is 0.438. The van der Waals surface area contributed by atoms with E-state index in [-0.39, 0.29) is 11.9 Å². The van der Waals surface area contributed by atoms with Crippen molar-refractivity contribution in [1.29, 1.82) is 0 Å². The number of methoxy groups -OCH3 is 1. The van der Waals surface area contributed by atoms with Crippen LogP contribution < -0.4 is 4.90 Å². The van der Waals surface area contributed by atoms with Gasteiger partial charge in [-0.1, -0.05) is 0 Å². The highest BCUT2D eigenvalue weighted by atomic mass is 19.1. The number of benzene rings is 1. The van der Waals surface area contributed by atoms with E-state index in [0.29, 0.717) is 44.2 Å². The zero-order chi connectivity index (χ0) is 17.9. The number of nitrogens with zero attached hydrogens (tertiary/aromatic N) is 7. The summed E-state index contributed by atoms with van der Waals surface area (Å²) in [5.41, 5.74) is 0.572. The highest BCUT2D eigenvalue weighted by molar-refractivity contribution is 5.89. The third-order valence-electron chi connectivity index (χ3n) is 4.30.